The van der Waals surface area contributed by atoms with Gasteiger partial charge in [-0.25, -0.2) is 4.79 Å². The van der Waals surface area contributed by atoms with Gasteiger partial charge in [0.15, 0.2) is 0 Å². The standard InChI is InChI=1S/C9H18N4O3/c1-6(8(14)12-9(11)15)13-2-3-16-5-7(13)4-10/h6-7H,2-5,10H2,1H3,(H3,11,12,14,15). The van der Waals surface area contributed by atoms with Crippen LogP contribution in [0, 0.1) is 0 Å². The van der Waals surface area contributed by atoms with Crippen molar-refractivity contribution >= 4 is 11.9 Å². The molecule has 0 aliphatic carbocycles. The van der Waals surface area contributed by atoms with E-state index in [1.807, 2.05) is 4.90 Å². The molecule has 3 amide bonds. The van der Waals surface area contributed by atoms with Gasteiger partial charge in [0, 0.05) is 19.1 Å². The molecule has 0 aromatic heterocycles. The summed E-state index contributed by atoms with van der Waals surface area (Å²) in [5, 5.41) is 2.06. The van der Waals surface area contributed by atoms with Gasteiger partial charge >= 0.3 is 6.03 Å². The molecule has 0 radical (unpaired) electrons. The monoisotopic (exact) mass is 230 g/mol. The zero-order valence-corrected chi connectivity index (χ0v) is 9.31. The van der Waals surface area contributed by atoms with E-state index < -0.39 is 18.0 Å². The quantitative estimate of drug-likeness (QED) is 0.531. The minimum Gasteiger partial charge on any atom is -0.378 e. The highest BCUT2D eigenvalue weighted by molar-refractivity contribution is 5.96. The van der Waals surface area contributed by atoms with Crippen molar-refractivity contribution in [2.45, 2.75) is 19.0 Å². The number of hydrogen-bond donors (Lipinski definition) is 3. The number of urea groups is 1. The predicted octanol–water partition coefficient (Wildman–Crippen LogP) is -1.77. The van der Waals surface area contributed by atoms with E-state index in [0.717, 1.165) is 0 Å². The molecule has 2 unspecified atom stereocenters. The number of nitrogens with two attached hydrogens (primary N) is 2. The normalized spacial score (nSPS) is 23.8. The van der Waals surface area contributed by atoms with E-state index in [2.05, 4.69) is 5.32 Å². The molecule has 0 bridgehead atoms. The van der Waals surface area contributed by atoms with Crippen molar-refractivity contribution in [1.82, 2.24) is 10.2 Å². The van der Waals surface area contributed by atoms with Crippen LogP contribution in [0.25, 0.3) is 0 Å². The van der Waals surface area contributed by atoms with E-state index >= 15 is 0 Å². The fourth-order valence-electron chi connectivity index (χ4n) is 1.76. The molecule has 0 aromatic rings. The van der Waals surface area contributed by atoms with Gasteiger partial charge in [-0.2, -0.15) is 0 Å². The number of morpholine rings is 1. The van der Waals surface area contributed by atoms with Crippen molar-refractivity contribution in [2.24, 2.45) is 11.5 Å². The maximum absolute atomic E-state index is 11.6. The molecule has 5 N–H and O–H groups in total. The molecule has 1 fully saturated rings. The minimum absolute atomic E-state index is 0.00220. The van der Waals surface area contributed by atoms with Gasteiger partial charge in [0.05, 0.1) is 19.3 Å². The Morgan fingerprint density at radius 3 is 2.88 bits per heavy atom. The summed E-state index contributed by atoms with van der Waals surface area (Å²) in [5.41, 5.74) is 10.5. The van der Waals surface area contributed by atoms with Crippen molar-refractivity contribution < 1.29 is 14.3 Å². The Morgan fingerprint density at radius 2 is 2.31 bits per heavy atom. The summed E-state index contributed by atoms with van der Waals surface area (Å²) in [6.07, 6.45) is 0. The number of rotatable bonds is 3. The van der Waals surface area contributed by atoms with Crippen molar-refractivity contribution in [3.63, 3.8) is 0 Å². The summed E-state index contributed by atoms with van der Waals surface area (Å²) in [6, 6.07) is -1.28. The number of carbonyl (C=O) groups is 2. The summed E-state index contributed by atoms with van der Waals surface area (Å²) < 4.78 is 5.27. The molecule has 1 rings (SSSR count). The fraction of sp³-hybridized carbons (Fsp3) is 0.778. The number of hydrogen-bond acceptors (Lipinski definition) is 5. The molecular formula is C9H18N4O3. The molecule has 0 saturated carbocycles. The second-order valence-electron chi connectivity index (χ2n) is 3.73. The lowest BCUT2D eigenvalue weighted by Crippen LogP contribution is -2.58. The van der Waals surface area contributed by atoms with E-state index in [1.165, 1.54) is 0 Å². The van der Waals surface area contributed by atoms with Crippen molar-refractivity contribution in [1.29, 1.82) is 0 Å². The molecule has 1 aliphatic heterocycles. The maximum Gasteiger partial charge on any atom is 0.318 e. The summed E-state index contributed by atoms with van der Waals surface area (Å²) in [4.78, 5) is 24.1. The van der Waals surface area contributed by atoms with Gasteiger partial charge in [-0.15, -0.1) is 0 Å². The van der Waals surface area contributed by atoms with Crippen LogP contribution in [0.15, 0.2) is 0 Å². The maximum atomic E-state index is 11.6. The average molecular weight is 230 g/mol. The zero-order valence-electron chi connectivity index (χ0n) is 9.31. The number of primary amides is 1. The van der Waals surface area contributed by atoms with E-state index in [4.69, 9.17) is 16.2 Å². The highest BCUT2D eigenvalue weighted by Crippen LogP contribution is 2.10. The van der Waals surface area contributed by atoms with E-state index in [-0.39, 0.29) is 6.04 Å². The van der Waals surface area contributed by atoms with Crippen molar-refractivity contribution in [3.8, 4) is 0 Å². The SMILES string of the molecule is CC(C(=O)NC(N)=O)N1CCOCC1CN. The van der Waals surface area contributed by atoms with Gasteiger partial charge in [0.25, 0.3) is 0 Å². The van der Waals surface area contributed by atoms with Gasteiger partial charge in [-0.1, -0.05) is 0 Å². The lowest BCUT2D eigenvalue weighted by molar-refractivity contribution is -0.128. The first-order valence-electron chi connectivity index (χ1n) is 5.20. The van der Waals surface area contributed by atoms with E-state index in [1.54, 1.807) is 6.92 Å². The molecule has 0 spiro atoms. The Bertz CT molecular complexity index is 271. The molecule has 7 nitrogen and oxygen atoms in total. The van der Waals surface area contributed by atoms with E-state index in [0.29, 0.717) is 26.3 Å². The Morgan fingerprint density at radius 1 is 1.62 bits per heavy atom. The molecular weight excluding hydrogens is 212 g/mol. The Hall–Kier alpha value is -1.18. The first-order chi connectivity index (χ1) is 7.56. The third kappa shape index (κ3) is 3.16. The van der Waals surface area contributed by atoms with Crippen LogP contribution in [0.5, 0.6) is 0 Å². The minimum atomic E-state index is -0.839. The Balaban J connectivity index is 2.59. The highest BCUT2D eigenvalue weighted by Gasteiger charge is 2.30. The first-order valence-corrected chi connectivity index (χ1v) is 5.20. The van der Waals surface area contributed by atoms with Crippen LogP contribution in [0.1, 0.15) is 6.92 Å². The van der Waals surface area contributed by atoms with Crippen molar-refractivity contribution in [2.75, 3.05) is 26.3 Å². The summed E-state index contributed by atoms with van der Waals surface area (Å²) in [7, 11) is 0. The number of carbonyl (C=O) groups excluding carboxylic acids is 2. The summed E-state index contributed by atoms with van der Waals surface area (Å²) >= 11 is 0. The second-order valence-corrected chi connectivity index (χ2v) is 3.73. The van der Waals surface area contributed by atoms with Crippen LogP contribution < -0.4 is 16.8 Å². The average Bonchev–Trinajstić information content (AvgIpc) is 2.27. The van der Waals surface area contributed by atoms with Gasteiger partial charge in [0.1, 0.15) is 0 Å². The molecule has 2 atom stereocenters. The number of nitrogens with one attached hydrogen (secondary N) is 1. The van der Waals surface area contributed by atoms with Crippen LogP contribution >= 0.6 is 0 Å². The molecule has 1 heterocycles. The third-order valence-electron chi connectivity index (χ3n) is 2.67. The molecule has 92 valence electrons. The highest BCUT2D eigenvalue weighted by atomic mass is 16.5. The van der Waals surface area contributed by atoms with Crippen LogP contribution in [0.3, 0.4) is 0 Å². The largest absolute Gasteiger partial charge is 0.378 e. The summed E-state index contributed by atoms with van der Waals surface area (Å²) in [5.74, 6) is -0.409. The molecule has 1 aliphatic rings. The number of nitrogens with zero attached hydrogens (tertiary/aromatic N) is 1. The predicted molar refractivity (Wildman–Crippen MR) is 57.6 cm³/mol. The fourth-order valence-corrected chi connectivity index (χ4v) is 1.76. The van der Waals surface area contributed by atoms with Crippen LogP contribution in [0.2, 0.25) is 0 Å². The van der Waals surface area contributed by atoms with Crippen LogP contribution in [0.4, 0.5) is 4.79 Å². The third-order valence-corrected chi connectivity index (χ3v) is 2.67. The van der Waals surface area contributed by atoms with Gasteiger partial charge in [-0.3, -0.25) is 15.0 Å². The van der Waals surface area contributed by atoms with Gasteiger partial charge in [0.2, 0.25) is 5.91 Å². The number of ether oxygens (including phenoxy) is 1. The van der Waals surface area contributed by atoms with Crippen LogP contribution in [-0.2, 0) is 9.53 Å². The molecule has 1 saturated heterocycles. The summed E-state index contributed by atoms with van der Waals surface area (Å²) in [6.45, 7) is 3.81. The van der Waals surface area contributed by atoms with E-state index in [9.17, 15) is 9.59 Å². The van der Waals surface area contributed by atoms with Crippen molar-refractivity contribution in [3.05, 3.63) is 0 Å². The first kappa shape index (κ1) is 12.9. The molecule has 7 heteroatoms. The molecule has 16 heavy (non-hydrogen) atoms. The topological polar surface area (TPSA) is 111 Å². The van der Waals surface area contributed by atoms with Gasteiger partial charge < -0.3 is 16.2 Å². The van der Waals surface area contributed by atoms with Crippen LogP contribution in [-0.4, -0.2) is 55.2 Å². The lowest BCUT2D eigenvalue weighted by Gasteiger charge is -2.38. The van der Waals surface area contributed by atoms with Gasteiger partial charge in [-0.05, 0) is 6.92 Å². The molecule has 0 aromatic carbocycles. The Kier molecular flexibility index (Phi) is 4.66. The zero-order chi connectivity index (χ0) is 12.1. The number of amides is 3. The smallest absolute Gasteiger partial charge is 0.318 e. The second kappa shape index (κ2) is 5.78. The lowest BCUT2D eigenvalue weighted by atomic mass is 10.1. The number of imide groups is 1. The Labute approximate surface area is 94.1 Å².